The summed E-state index contributed by atoms with van der Waals surface area (Å²) >= 11 is 0. The molecule has 2 atom stereocenters. The summed E-state index contributed by atoms with van der Waals surface area (Å²) in [6.45, 7) is 3.90. The van der Waals surface area contributed by atoms with Crippen LogP contribution in [-0.4, -0.2) is 15.8 Å². The van der Waals surface area contributed by atoms with E-state index in [9.17, 15) is 9.67 Å². The predicted molar refractivity (Wildman–Crippen MR) is 50.5 cm³/mol. The van der Waals surface area contributed by atoms with E-state index in [-0.39, 0.29) is 0 Å². The lowest BCUT2D eigenvalue weighted by Crippen LogP contribution is -2.04. The molecular weight excluding hydrogens is 175 g/mol. The summed E-state index contributed by atoms with van der Waals surface area (Å²) in [5.74, 6) is -1.13. The fraction of sp³-hybridized carbons (Fsp3) is 0.750. The van der Waals surface area contributed by atoms with Crippen LogP contribution in [0.4, 0.5) is 0 Å². The summed E-state index contributed by atoms with van der Waals surface area (Å²) < 4.78 is 10.6. The lowest BCUT2D eigenvalue weighted by Gasteiger charge is -2.09. The molecule has 0 saturated heterocycles. The van der Waals surface area contributed by atoms with Gasteiger partial charge in [0.05, 0.1) is 0 Å². The second-order valence-electron chi connectivity index (χ2n) is 2.66. The lowest BCUT2D eigenvalue weighted by atomic mass is 10.1. The highest BCUT2D eigenvalue weighted by molar-refractivity contribution is 7.38. The average Bonchev–Trinajstić information content (AvgIpc) is 2.05. The van der Waals surface area contributed by atoms with Crippen LogP contribution < -0.4 is 0 Å². The van der Waals surface area contributed by atoms with Crippen LogP contribution in [0.2, 0.25) is 0 Å². The number of aliphatic hydroxyl groups is 1. The Morgan fingerprint density at radius 1 is 1.58 bits per heavy atom. The van der Waals surface area contributed by atoms with Gasteiger partial charge in [0, 0.05) is 0 Å². The third-order valence-corrected chi connectivity index (χ3v) is 2.53. The van der Waals surface area contributed by atoms with E-state index in [2.05, 4.69) is 0 Å². The van der Waals surface area contributed by atoms with Crippen molar-refractivity contribution >= 4 is 8.03 Å². The highest BCUT2D eigenvalue weighted by Crippen LogP contribution is 2.28. The Kier molecular flexibility index (Phi) is 6.35. The zero-order valence-electron chi connectivity index (χ0n) is 7.58. The van der Waals surface area contributed by atoms with Gasteiger partial charge in [-0.3, -0.25) is 4.57 Å². The van der Waals surface area contributed by atoms with Crippen LogP contribution in [0.15, 0.2) is 11.6 Å². The molecule has 0 aliphatic carbocycles. The largest absolute Gasteiger partial charge is 0.379 e. The molecule has 0 aliphatic heterocycles. The van der Waals surface area contributed by atoms with E-state index in [0.717, 1.165) is 12.8 Å². The van der Waals surface area contributed by atoms with Crippen LogP contribution in [0.25, 0.3) is 0 Å². The van der Waals surface area contributed by atoms with E-state index in [0.29, 0.717) is 12.0 Å². The fourth-order valence-corrected chi connectivity index (χ4v) is 1.58. The molecule has 2 N–H and O–H groups in total. The third kappa shape index (κ3) is 4.05. The van der Waals surface area contributed by atoms with Crippen molar-refractivity contribution < 1.29 is 14.6 Å². The summed E-state index contributed by atoms with van der Waals surface area (Å²) in [7, 11) is -2.82. The van der Waals surface area contributed by atoms with Gasteiger partial charge in [-0.1, -0.05) is 26.3 Å². The maximum atomic E-state index is 10.6. The van der Waals surface area contributed by atoms with Gasteiger partial charge in [-0.05, 0) is 18.4 Å². The molecule has 12 heavy (non-hydrogen) atoms. The summed E-state index contributed by atoms with van der Waals surface area (Å²) in [4.78, 5) is 8.68. The maximum Gasteiger partial charge on any atom is 0.220 e. The van der Waals surface area contributed by atoms with E-state index in [1.165, 1.54) is 0 Å². The number of hydrogen-bond acceptors (Lipinski definition) is 2. The normalized spacial score (nSPS) is 17.5. The standard InChI is InChI=1S/C8H17O3P/c1-3-5-6-7(4-2)8(9)12(10)11/h6,8-9,12H,3-5H2,1-2H3,(H,10,11). The zero-order chi connectivity index (χ0) is 9.56. The van der Waals surface area contributed by atoms with E-state index < -0.39 is 13.9 Å². The Balaban J connectivity index is 4.22. The van der Waals surface area contributed by atoms with E-state index >= 15 is 0 Å². The zero-order valence-corrected chi connectivity index (χ0v) is 8.58. The third-order valence-electron chi connectivity index (χ3n) is 1.69. The van der Waals surface area contributed by atoms with Gasteiger partial charge in [0.1, 0.15) is 5.85 Å². The van der Waals surface area contributed by atoms with Gasteiger partial charge >= 0.3 is 0 Å². The SMILES string of the molecule is CCCC=C(CC)C(O)[PH](=O)O. The monoisotopic (exact) mass is 192 g/mol. The molecule has 0 bridgehead atoms. The van der Waals surface area contributed by atoms with Crippen molar-refractivity contribution in [2.45, 2.75) is 39.0 Å². The van der Waals surface area contributed by atoms with Gasteiger partial charge in [0.15, 0.2) is 0 Å². The summed E-state index contributed by atoms with van der Waals surface area (Å²) in [6.07, 6.45) is 4.33. The first kappa shape index (κ1) is 11.9. The van der Waals surface area contributed by atoms with Gasteiger partial charge in [-0.15, -0.1) is 0 Å². The molecule has 72 valence electrons. The van der Waals surface area contributed by atoms with Gasteiger partial charge in [0.25, 0.3) is 0 Å². The van der Waals surface area contributed by atoms with Crippen LogP contribution in [0.1, 0.15) is 33.1 Å². The summed E-state index contributed by atoms with van der Waals surface area (Å²) in [5.41, 5.74) is 0.684. The first-order chi connectivity index (χ1) is 5.63. The van der Waals surface area contributed by atoms with Gasteiger partial charge in [-0.2, -0.15) is 0 Å². The number of allylic oxidation sites excluding steroid dienone is 1. The molecule has 0 rings (SSSR count). The topological polar surface area (TPSA) is 57.5 Å². The van der Waals surface area contributed by atoms with Crippen LogP contribution in [0, 0.1) is 0 Å². The molecule has 0 radical (unpaired) electrons. The smallest absolute Gasteiger partial charge is 0.220 e. The summed E-state index contributed by atoms with van der Waals surface area (Å²) in [6, 6.07) is 0. The summed E-state index contributed by atoms with van der Waals surface area (Å²) in [5, 5.41) is 9.23. The molecular formula is C8H17O3P. The molecule has 3 nitrogen and oxygen atoms in total. The Bertz CT molecular complexity index is 177. The second-order valence-corrected chi connectivity index (χ2v) is 3.89. The molecule has 0 aromatic rings. The predicted octanol–water partition coefficient (Wildman–Crippen LogP) is 1.91. The Morgan fingerprint density at radius 3 is 2.50 bits per heavy atom. The van der Waals surface area contributed by atoms with E-state index in [1.807, 2.05) is 19.9 Å². The molecule has 0 spiro atoms. The molecule has 4 heteroatoms. The quantitative estimate of drug-likeness (QED) is 0.516. The van der Waals surface area contributed by atoms with Gasteiger partial charge < -0.3 is 10.00 Å². The number of unbranched alkanes of at least 4 members (excludes halogenated alkanes) is 1. The van der Waals surface area contributed by atoms with E-state index in [1.54, 1.807) is 0 Å². The highest BCUT2D eigenvalue weighted by atomic mass is 31.1. The van der Waals surface area contributed by atoms with Crippen molar-refractivity contribution in [3.63, 3.8) is 0 Å². The molecule has 0 fully saturated rings. The van der Waals surface area contributed by atoms with Crippen LogP contribution in [0.3, 0.4) is 0 Å². The average molecular weight is 192 g/mol. The molecule has 0 amide bonds. The number of rotatable bonds is 5. The van der Waals surface area contributed by atoms with E-state index in [4.69, 9.17) is 4.89 Å². The number of aliphatic hydroxyl groups excluding tert-OH is 1. The Labute approximate surface area is 74.0 Å². The van der Waals surface area contributed by atoms with Crippen LogP contribution >= 0.6 is 8.03 Å². The first-order valence-corrected chi connectivity index (χ1v) is 5.66. The minimum Gasteiger partial charge on any atom is -0.379 e. The van der Waals surface area contributed by atoms with Crippen molar-refractivity contribution in [1.29, 1.82) is 0 Å². The van der Waals surface area contributed by atoms with Crippen LogP contribution in [0.5, 0.6) is 0 Å². The second kappa shape index (κ2) is 6.41. The number of hydrogen-bond donors (Lipinski definition) is 2. The minimum absolute atomic E-state index is 0.637. The van der Waals surface area contributed by atoms with Crippen molar-refractivity contribution in [3.8, 4) is 0 Å². The maximum absolute atomic E-state index is 10.6. The molecule has 0 saturated carbocycles. The molecule has 2 unspecified atom stereocenters. The van der Waals surface area contributed by atoms with Crippen molar-refractivity contribution in [1.82, 2.24) is 0 Å². The lowest BCUT2D eigenvalue weighted by molar-refractivity contribution is 0.266. The van der Waals surface area contributed by atoms with Crippen LogP contribution in [-0.2, 0) is 4.57 Å². The molecule has 0 aromatic heterocycles. The highest BCUT2D eigenvalue weighted by Gasteiger charge is 2.13. The Hall–Kier alpha value is -0.110. The molecule has 0 aromatic carbocycles. The fourth-order valence-electron chi connectivity index (χ4n) is 0.938. The van der Waals surface area contributed by atoms with Crippen molar-refractivity contribution in [2.75, 3.05) is 0 Å². The van der Waals surface area contributed by atoms with Gasteiger partial charge in [0.2, 0.25) is 8.03 Å². The molecule has 0 heterocycles. The first-order valence-electron chi connectivity index (χ1n) is 4.23. The Morgan fingerprint density at radius 2 is 2.17 bits per heavy atom. The van der Waals surface area contributed by atoms with Crippen molar-refractivity contribution in [2.24, 2.45) is 0 Å². The minimum atomic E-state index is -2.82. The molecule has 0 aliphatic rings. The van der Waals surface area contributed by atoms with Gasteiger partial charge in [-0.25, -0.2) is 0 Å². The van der Waals surface area contributed by atoms with Crippen molar-refractivity contribution in [3.05, 3.63) is 11.6 Å².